The summed E-state index contributed by atoms with van der Waals surface area (Å²) in [6.45, 7) is 9.83. The molecule has 0 radical (unpaired) electrons. The average molecular weight is 285 g/mol. The lowest BCUT2D eigenvalue weighted by Crippen LogP contribution is -2.55. The van der Waals surface area contributed by atoms with Crippen LogP contribution < -0.4 is 11.1 Å². The molecular formula is C15H31N3O2. The summed E-state index contributed by atoms with van der Waals surface area (Å²) in [5, 5.41) is 3.13. The Labute approximate surface area is 123 Å². The molecular weight excluding hydrogens is 254 g/mol. The maximum Gasteiger partial charge on any atom is 0.234 e. The first kappa shape index (κ1) is 17.4. The zero-order chi connectivity index (χ0) is 15.0. The Hall–Kier alpha value is -0.650. The monoisotopic (exact) mass is 285 g/mol. The van der Waals surface area contributed by atoms with E-state index in [9.17, 15) is 4.79 Å². The van der Waals surface area contributed by atoms with E-state index >= 15 is 0 Å². The largest absolute Gasteiger partial charge is 0.381 e. The summed E-state index contributed by atoms with van der Waals surface area (Å²) < 4.78 is 5.31. The van der Waals surface area contributed by atoms with Crippen LogP contribution >= 0.6 is 0 Å². The van der Waals surface area contributed by atoms with Crippen LogP contribution in [0, 0.1) is 0 Å². The maximum absolute atomic E-state index is 12.2. The van der Waals surface area contributed by atoms with Crippen molar-refractivity contribution in [2.75, 3.05) is 32.8 Å². The molecule has 0 aromatic rings. The second kappa shape index (κ2) is 8.60. The molecule has 1 heterocycles. The number of carbonyl (C=O) groups is 1. The molecule has 5 heteroatoms. The van der Waals surface area contributed by atoms with Gasteiger partial charge in [-0.1, -0.05) is 13.8 Å². The van der Waals surface area contributed by atoms with Crippen molar-refractivity contribution in [1.82, 2.24) is 10.2 Å². The normalized spacial score (nSPS) is 19.9. The standard InChI is InChI=1S/C15H31N3O2/c1-4-8-18(15(3,5-2)12-16)11-14(19)17-13-6-9-20-10-7-13/h13H,4-12,16H2,1-3H3,(H,17,19). The van der Waals surface area contributed by atoms with Crippen LogP contribution in [0.5, 0.6) is 0 Å². The van der Waals surface area contributed by atoms with Crippen molar-refractivity contribution in [3.05, 3.63) is 0 Å². The van der Waals surface area contributed by atoms with Gasteiger partial charge in [0.15, 0.2) is 0 Å². The first-order chi connectivity index (χ1) is 9.55. The second-order valence-electron chi connectivity index (χ2n) is 5.93. The van der Waals surface area contributed by atoms with Gasteiger partial charge in [-0.05, 0) is 39.2 Å². The quantitative estimate of drug-likeness (QED) is 0.701. The molecule has 0 spiro atoms. The number of nitrogens with zero attached hydrogens (tertiary/aromatic N) is 1. The summed E-state index contributed by atoms with van der Waals surface area (Å²) in [4.78, 5) is 14.5. The fraction of sp³-hybridized carbons (Fsp3) is 0.933. The van der Waals surface area contributed by atoms with Crippen LogP contribution in [0.4, 0.5) is 0 Å². The molecule has 20 heavy (non-hydrogen) atoms. The summed E-state index contributed by atoms with van der Waals surface area (Å²) in [5.74, 6) is 0.110. The Morgan fingerprint density at radius 1 is 1.40 bits per heavy atom. The van der Waals surface area contributed by atoms with E-state index in [1.807, 2.05) is 0 Å². The van der Waals surface area contributed by atoms with E-state index in [1.165, 1.54) is 0 Å². The van der Waals surface area contributed by atoms with E-state index in [0.717, 1.165) is 45.4 Å². The van der Waals surface area contributed by atoms with Crippen molar-refractivity contribution >= 4 is 5.91 Å². The van der Waals surface area contributed by atoms with E-state index in [2.05, 4.69) is 31.0 Å². The highest BCUT2D eigenvalue weighted by molar-refractivity contribution is 5.78. The summed E-state index contributed by atoms with van der Waals surface area (Å²) in [6, 6.07) is 0.269. The highest BCUT2D eigenvalue weighted by Crippen LogP contribution is 2.18. The fourth-order valence-corrected chi connectivity index (χ4v) is 2.60. The minimum Gasteiger partial charge on any atom is -0.381 e. The van der Waals surface area contributed by atoms with Crippen molar-refractivity contribution in [1.29, 1.82) is 0 Å². The molecule has 118 valence electrons. The zero-order valence-electron chi connectivity index (χ0n) is 13.3. The summed E-state index contributed by atoms with van der Waals surface area (Å²) >= 11 is 0. The lowest BCUT2D eigenvalue weighted by atomic mass is 9.96. The van der Waals surface area contributed by atoms with E-state index in [-0.39, 0.29) is 17.5 Å². The SMILES string of the molecule is CCCN(CC(=O)NC1CCOCC1)C(C)(CC)CN. The average Bonchev–Trinajstić information content (AvgIpc) is 2.47. The lowest BCUT2D eigenvalue weighted by molar-refractivity contribution is -0.125. The van der Waals surface area contributed by atoms with E-state index in [1.54, 1.807) is 0 Å². The van der Waals surface area contributed by atoms with E-state index < -0.39 is 0 Å². The molecule has 0 aliphatic carbocycles. The molecule has 3 N–H and O–H groups in total. The van der Waals surface area contributed by atoms with Gasteiger partial charge in [-0.2, -0.15) is 0 Å². The van der Waals surface area contributed by atoms with Crippen molar-refractivity contribution < 1.29 is 9.53 Å². The molecule has 1 amide bonds. The highest BCUT2D eigenvalue weighted by Gasteiger charge is 2.30. The van der Waals surface area contributed by atoms with Crippen molar-refractivity contribution in [2.45, 2.75) is 58.0 Å². The van der Waals surface area contributed by atoms with Crippen LogP contribution in [0.1, 0.15) is 46.5 Å². The molecule has 0 aromatic carbocycles. The van der Waals surface area contributed by atoms with Gasteiger partial charge in [-0.15, -0.1) is 0 Å². The first-order valence-electron chi connectivity index (χ1n) is 7.88. The fourth-order valence-electron chi connectivity index (χ4n) is 2.60. The van der Waals surface area contributed by atoms with Crippen molar-refractivity contribution in [3.63, 3.8) is 0 Å². The van der Waals surface area contributed by atoms with Gasteiger partial charge in [0.25, 0.3) is 0 Å². The molecule has 0 saturated carbocycles. The number of rotatable bonds is 8. The van der Waals surface area contributed by atoms with Gasteiger partial charge in [0.2, 0.25) is 5.91 Å². The third-order valence-corrected chi connectivity index (χ3v) is 4.38. The maximum atomic E-state index is 12.2. The number of ether oxygens (including phenoxy) is 1. The van der Waals surface area contributed by atoms with Crippen LogP contribution in [0.25, 0.3) is 0 Å². The van der Waals surface area contributed by atoms with Crippen LogP contribution in [-0.4, -0.2) is 55.2 Å². The van der Waals surface area contributed by atoms with Crippen LogP contribution in [0.3, 0.4) is 0 Å². The van der Waals surface area contributed by atoms with Gasteiger partial charge in [0.05, 0.1) is 6.54 Å². The van der Waals surface area contributed by atoms with Crippen molar-refractivity contribution in [2.24, 2.45) is 5.73 Å². The summed E-state index contributed by atoms with van der Waals surface area (Å²) in [6.07, 6.45) is 3.82. The number of hydrogen-bond acceptors (Lipinski definition) is 4. The topological polar surface area (TPSA) is 67.6 Å². The predicted octanol–water partition coefficient (Wildman–Crippen LogP) is 1.12. The Kier molecular flexibility index (Phi) is 7.48. The van der Waals surface area contributed by atoms with Gasteiger partial charge in [-0.3, -0.25) is 9.69 Å². The van der Waals surface area contributed by atoms with Gasteiger partial charge in [-0.25, -0.2) is 0 Å². The molecule has 1 saturated heterocycles. The van der Waals surface area contributed by atoms with Crippen LogP contribution in [-0.2, 0) is 9.53 Å². The van der Waals surface area contributed by atoms with E-state index in [4.69, 9.17) is 10.5 Å². The molecule has 0 bridgehead atoms. The Morgan fingerprint density at radius 2 is 2.05 bits per heavy atom. The second-order valence-corrected chi connectivity index (χ2v) is 5.93. The lowest BCUT2D eigenvalue weighted by Gasteiger charge is -2.40. The molecule has 1 fully saturated rings. The van der Waals surface area contributed by atoms with Crippen LogP contribution in [0.15, 0.2) is 0 Å². The minimum absolute atomic E-state index is 0.0942. The summed E-state index contributed by atoms with van der Waals surface area (Å²) in [7, 11) is 0. The molecule has 1 aliphatic rings. The van der Waals surface area contributed by atoms with Crippen LogP contribution in [0.2, 0.25) is 0 Å². The predicted molar refractivity (Wildman–Crippen MR) is 81.6 cm³/mol. The molecule has 1 atom stereocenters. The van der Waals surface area contributed by atoms with E-state index in [0.29, 0.717) is 13.1 Å². The Morgan fingerprint density at radius 3 is 2.55 bits per heavy atom. The molecule has 0 aromatic heterocycles. The smallest absolute Gasteiger partial charge is 0.234 e. The molecule has 5 nitrogen and oxygen atoms in total. The van der Waals surface area contributed by atoms with Gasteiger partial charge >= 0.3 is 0 Å². The molecule has 1 aliphatic heterocycles. The first-order valence-corrected chi connectivity index (χ1v) is 7.88. The van der Waals surface area contributed by atoms with Gasteiger partial charge < -0.3 is 15.8 Å². The zero-order valence-corrected chi connectivity index (χ0v) is 13.3. The Bertz CT molecular complexity index is 287. The highest BCUT2D eigenvalue weighted by atomic mass is 16.5. The number of hydrogen-bond donors (Lipinski definition) is 2. The third kappa shape index (κ3) is 5.04. The van der Waals surface area contributed by atoms with Gasteiger partial charge in [0.1, 0.15) is 0 Å². The molecule has 1 unspecified atom stereocenters. The minimum atomic E-state index is -0.0942. The number of nitrogens with one attached hydrogen (secondary N) is 1. The Balaban J connectivity index is 2.53. The molecule has 1 rings (SSSR count). The summed E-state index contributed by atoms with van der Waals surface area (Å²) in [5.41, 5.74) is 5.82. The van der Waals surface area contributed by atoms with Crippen molar-refractivity contribution in [3.8, 4) is 0 Å². The number of carbonyl (C=O) groups excluding carboxylic acids is 1. The number of amides is 1. The van der Waals surface area contributed by atoms with Gasteiger partial charge in [0, 0.05) is 31.3 Å². The third-order valence-electron chi connectivity index (χ3n) is 4.38. The number of nitrogens with two attached hydrogens (primary N) is 1.